The summed E-state index contributed by atoms with van der Waals surface area (Å²) in [6.45, 7) is 2.10. The van der Waals surface area contributed by atoms with E-state index in [1.807, 2.05) is 6.08 Å². The molecule has 0 saturated carbocycles. The molecule has 2 amide bonds. The van der Waals surface area contributed by atoms with Crippen LogP contribution in [0.3, 0.4) is 0 Å². The van der Waals surface area contributed by atoms with E-state index < -0.39 is 155 Å². The number of aliphatic hydroxyl groups is 11. The number of ether oxygens (including phenoxy) is 6. The SMILES string of the molecule is CCCCCCCCCCCCCC=C[C@@H](O)[C@H](CO[C@@H]1O[C@H](CO)[C@@H](O[C@@H]2O[C@H](CO)[C@H](O)[C@H](O[C@]3(C(=O)O)C[C@H](O)[C@@H](NC(C)=O)[C@H]([C@H](O)[C@H](O)CO)O3)[C@H]2O)[C@H](O)[C@H]1O)NC(=O)CCCCCCCCCCCCCCCCC. The highest BCUT2D eigenvalue weighted by atomic mass is 16.8. The molecule has 3 aliphatic rings. The first-order valence-electron chi connectivity index (χ1n) is 31.1. The van der Waals surface area contributed by atoms with Crippen LogP contribution in [0, 0.1) is 0 Å². The van der Waals surface area contributed by atoms with Crippen molar-refractivity contribution in [2.75, 3.05) is 26.4 Å². The van der Waals surface area contributed by atoms with Crippen LogP contribution in [0.1, 0.15) is 207 Å². The van der Waals surface area contributed by atoms with E-state index in [1.54, 1.807) is 6.08 Å². The second kappa shape index (κ2) is 41.5. The summed E-state index contributed by atoms with van der Waals surface area (Å²) >= 11 is 0. The Balaban J connectivity index is 1.67. The smallest absolute Gasteiger partial charge is 0.364 e. The Morgan fingerprint density at radius 1 is 0.634 bits per heavy atom. The first-order valence-corrected chi connectivity index (χ1v) is 31.1. The first kappa shape index (κ1) is 73.7. The number of carbonyl (C=O) groups excluding carboxylic acids is 2. The number of nitrogens with one attached hydrogen (secondary N) is 2. The number of carboxylic acid groups (broad SMARTS) is 1. The highest BCUT2D eigenvalue weighted by Gasteiger charge is 2.60. The highest BCUT2D eigenvalue weighted by molar-refractivity contribution is 5.77. The second-order valence-corrected chi connectivity index (χ2v) is 22.9. The van der Waals surface area contributed by atoms with Crippen LogP contribution in [0.25, 0.3) is 0 Å². The predicted octanol–water partition coefficient (Wildman–Crippen LogP) is 3.17. The maximum absolute atomic E-state index is 13.4. The molecule has 23 heteroatoms. The number of amides is 2. The lowest BCUT2D eigenvalue weighted by Gasteiger charge is -2.50. The summed E-state index contributed by atoms with van der Waals surface area (Å²) in [5.74, 6) is -6.14. The lowest BCUT2D eigenvalue weighted by molar-refractivity contribution is -0.386. The summed E-state index contributed by atoms with van der Waals surface area (Å²) in [5.41, 5.74) is 0. The Bertz CT molecular complexity index is 1740. The Hall–Kier alpha value is -2.53. The number of hydrogen-bond donors (Lipinski definition) is 14. The molecule has 0 aromatic carbocycles. The molecule has 0 bridgehead atoms. The van der Waals surface area contributed by atoms with E-state index in [-0.39, 0.29) is 12.3 Å². The molecule has 3 rings (SSSR count). The zero-order valence-corrected chi connectivity index (χ0v) is 49.3. The van der Waals surface area contributed by atoms with Gasteiger partial charge >= 0.3 is 5.97 Å². The minimum atomic E-state index is -3.08. The van der Waals surface area contributed by atoms with Gasteiger partial charge in [-0.3, -0.25) is 9.59 Å². The van der Waals surface area contributed by atoms with Crippen molar-refractivity contribution in [3.8, 4) is 0 Å². The minimum absolute atomic E-state index is 0.204. The Morgan fingerprint density at radius 2 is 1.13 bits per heavy atom. The van der Waals surface area contributed by atoms with Gasteiger partial charge < -0.3 is 100 Å². The van der Waals surface area contributed by atoms with Crippen LogP contribution in [0.5, 0.6) is 0 Å². The van der Waals surface area contributed by atoms with Crippen molar-refractivity contribution in [1.29, 1.82) is 0 Å². The molecular weight excluding hydrogens is 1070 g/mol. The van der Waals surface area contributed by atoms with Gasteiger partial charge in [0.2, 0.25) is 11.8 Å². The maximum atomic E-state index is 13.4. The van der Waals surface area contributed by atoms with E-state index in [0.717, 1.165) is 51.9 Å². The van der Waals surface area contributed by atoms with E-state index in [9.17, 15) is 75.7 Å². The normalized spacial score (nSPS) is 30.2. The third-order valence-corrected chi connectivity index (χ3v) is 16.0. The monoisotopic (exact) mass is 1180 g/mol. The number of carboxylic acids is 1. The lowest BCUT2D eigenvalue weighted by atomic mass is 9.88. The fourth-order valence-corrected chi connectivity index (χ4v) is 10.9. The van der Waals surface area contributed by atoms with E-state index >= 15 is 0 Å². The molecule has 0 unspecified atom stereocenters. The van der Waals surface area contributed by atoms with Gasteiger partial charge in [0.25, 0.3) is 5.79 Å². The number of aliphatic carboxylic acids is 1. The molecule has 82 heavy (non-hydrogen) atoms. The fourth-order valence-electron chi connectivity index (χ4n) is 10.9. The summed E-state index contributed by atoms with van der Waals surface area (Å²) in [6.07, 6.45) is 5.61. The van der Waals surface area contributed by atoms with Gasteiger partial charge in [-0.1, -0.05) is 180 Å². The van der Waals surface area contributed by atoms with E-state index in [4.69, 9.17) is 28.4 Å². The van der Waals surface area contributed by atoms with Gasteiger partial charge in [0.15, 0.2) is 12.6 Å². The van der Waals surface area contributed by atoms with Crippen LogP contribution in [0.15, 0.2) is 12.2 Å². The topological polar surface area (TPSA) is 373 Å². The van der Waals surface area contributed by atoms with Gasteiger partial charge in [-0.2, -0.15) is 0 Å². The van der Waals surface area contributed by atoms with Crippen molar-refractivity contribution in [2.45, 2.75) is 317 Å². The Labute approximate surface area is 486 Å². The van der Waals surface area contributed by atoms with Crippen molar-refractivity contribution in [2.24, 2.45) is 0 Å². The van der Waals surface area contributed by atoms with Crippen molar-refractivity contribution >= 4 is 17.8 Å². The quantitative estimate of drug-likeness (QED) is 0.0307. The summed E-state index contributed by atoms with van der Waals surface area (Å²) < 4.78 is 34.7. The number of aliphatic hydroxyl groups excluding tert-OH is 11. The molecule has 0 aromatic rings. The van der Waals surface area contributed by atoms with Crippen LogP contribution >= 0.6 is 0 Å². The molecule has 480 valence electrons. The Kier molecular flexibility index (Phi) is 37.4. The maximum Gasteiger partial charge on any atom is 0.364 e. The van der Waals surface area contributed by atoms with E-state index in [0.29, 0.717) is 12.8 Å². The average molecular weight is 1180 g/mol. The molecule has 3 saturated heterocycles. The van der Waals surface area contributed by atoms with Gasteiger partial charge in [0, 0.05) is 19.8 Å². The highest BCUT2D eigenvalue weighted by Crippen LogP contribution is 2.38. The summed E-state index contributed by atoms with van der Waals surface area (Å²) in [5, 5.41) is 135. The predicted molar refractivity (Wildman–Crippen MR) is 301 cm³/mol. The van der Waals surface area contributed by atoms with Gasteiger partial charge in [0.05, 0.1) is 50.7 Å². The molecule has 0 aromatic heterocycles. The zero-order valence-electron chi connectivity index (χ0n) is 49.3. The minimum Gasteiger partial charge on any atom is -0.477 e. The third kappa shape index (κ3) is 25.4. The van der Waals surface area contributed by atoms with Crippen LogP contribution in [0.2, 0.25) is 0 Å². The van der Waals surface area contributed by atoms with Crippen molar-refractivity contribution in [1.82, 2.24) is 10.6 Å². The third-order valence-electron chi connectivity index (χ3n) is 16.0. The summed E-state index contributed by atoms with van der Waals surface area (Å²) in [4.78, 5) is 38.4. The molecule has 23 nitrogen and oxygen atoms in total. The Morgan fingerprint density at radius 3 is 1.62 bits per heavy atom. The van der Waals surface area contributed by atoms with Crippen molar-refractivity contribution in [3.63, 3.8) is 0 Å². The number of carbonyl (C=O) groups is 3. The fraction of sp³-hybridized carbons (Fsp3) is 0.915. The zero-order chi connectivity index (χ0) is 60.5. The number of allylic oxidation sites excluding steroid dienone is 1. The van der Waals surface area contributed by atoms with E-state index in [1.165, 1.54) is 116 Å². The van der Waals surface area contributed by atoms with Gasteiger partial charge in [-0.05, 0) is 19.3 Å². The molecule has 3 aliphatic heterocycles. The number of hydrogen-bond acceptors (Lipinski definition) is 20. The largest absolute Gasteiger partial charge is 0.477 e. The molecule has 0 radical (unpaired) electrons. The summed E-state index contributed by atoms with van der Waals surface area (Å²) in [6, 6.07) is -2.61. The lowest BCUT2D eigenvalue weighted by Crippen LogP contribution is -2.70. The van der Waals surface area contributed by atoms with Crippen molar-refractivity contribution < 1.29 is 104 Å². The standard InChI is InChI=1S/C59H108N2O21/c1-4-6-8-10-12-14-16-18-19-21-23-25-27-29-31-33-46(69)61-40(41(66)32-30-28-26-24-22-20-17-15-13-11-9-7-5-2)38-77-56-51(73)50(72)53(45(37-64)79-56)80-57-52(74)55(49(71)44(36-63)78-57)82-59(58(75)76)34-42(67)47(60-39(3)65)54(81-59)48(70)43(68)35-62/h30,32,40-45,47-57,62-64,66-68,70-74H,4-29,31,33-38H2,1-3H3,(H,60,65)(H,61,69)(H,75,76)/t40-,41+,42-,43+,44+,45+,47+,48+,49-,50+,51+,52+,53+,54+,55-,56+,57-,59-/m0/s1. The molecular formula is C59H108N2O21. The van der Waals surface area contributed by atoms with Crippen LogP contribution in [0.4, 0.5) is 0 Å². The molecule has 3 heterocycles. The van der Waals surface area contributed by atoms with E-state index in [2.05, 4.69) is 24.5 Å². The molecule has 14 N–H and O–H groups in total. The van der Waals surface area contributed by atoms with Crippen LogP contribution < -0.4 is 10.6 Å². The second-order valence-electron chi connectivity index (χ2n) is 22.9. The van der Waals surface area contributed by atoms with Crippen LogP contribution in [-0.4, -0.2) is 215 Å². The first-order chi connectivity index (χ1) is 39.4. The number of unbranched alkanes of at least 4 members (excludes halogenated alkanes) is 25. The molecule has 3 fully saturated rings. The molecule has 0 spiro atoms. The van der Waals surface area contributed by atoms with Crippen molar-refractivity contribution in [3.05, 3.63) is 12.2 Å². The summed E-state index contributed by atoms with van der Waals surface area (Å²) in [7, 11) is 0. The van der Waals surface area contributed by atoms with Gasteiger partial charge in [-0.15, -0.1) is 0 Å². The van der Waals surface area contributed by atoms with Crippen LogP contribution in [-0.2, 0) is 42.8 Å². The van der Waals surface area contributed by atoms with Gasteiger partial charge in [0.1, 0.15) is 67.1 Å². The van der Waals surface area contributed by atoms with Gasteiger partial charge in [-0.25, -0.2) is 4.79 Å². The molecule has 18 atom stereocenters. The number of rotatable bonds is 45. The molecule has 0 aliphatic carbocycles. The average Bonchev–Trinajstić information content (AvgIpc) is 3.65.